The van der Waals surface area contributed by atoms with Gasteiger partial charge >= 0.3 is 0 Å². The molecular weight excluding hydrogens is 160 g/mol. The molecule has 0 bridgehead atoms. The Morgan fingerprint density at radius 1 is 1.38 bits per heavy atom. The lowest BCUT2D eigenvalue weighted by atomic mass is 10.7. The number of thioether (sulfide) groups is 2. The van der Waals surface area contributed by atoms with Gasteiger partial charge in [-0.25, -0.2) is 0 Å². The van der Waals surface area contributed by atoms with Crippen LogP contribution in [0.4, 0.5) is 0 Å². The lowest BCUT2D eigenvalue weighted by Crippen LogP contribution is -1.90. The van der Waals surface area contributed by atoms with Crippen LogP contribution in [0.1, 0.15) is 6.92 Å². The first-order chi connectivity index (χ1) is 3.80. The van der Waals surface area contributed by atoms with E-state index < -0.39 is 0 Å². The molecule has 0 aromatic rings. The Balaban J connectivity index is 2.60. The van der Waals surface area contributed by atoms with E-state index in [2.05, 4.69) is 6.92 Å². The Bertz CT molecular complexity index is 106. The fourth-order valence-corrected chi connectivity index (χ4v) is 2.70. The second-order valence-corrected chi connectivity index (χ2v) is 4.54. The van der Waals surface area contributed by atoms with E-state index in [0.717, 1.165) is 4.36 Å². The van der Waals surface area contributed by atoms with Gasteiger partial charge in [0.1, 0.15) is 0 Å². The van der Waals surface area contributed by atoms with Crippen LogP contribution in [0.2, 0.25) is 0 Å². The predicted octanol–water partition coefficient (Wildman–Crippen LogP) is 2.89. The quantitative estimate of drug-likeness (QED) is 0.543. The minimum absolute atomic E-state index is 0.987. The number of halogens is 1. The first-order valence-electron chi connectivity index (χ1n) is 2.42. The molecule has 0 nitrogen and oxygen atoms in total. The fourth-order valence-electron chi connectivity index (χ4n) is 0.484. The van der Waals surface area contributed by atoms with Gasteiger partial charge in [-0.1, -0.05) is 11.6 Å². The standard InChI is InChI=1S/C5H7ClS2/c1-4-5(6)8-3-2-7-4/h2-3H2,1H3. The van der Waals surface area contributed by atoms with Gasteiger partial charge in [-0.05, 0) is 6.92 Å². The van der Waals surface area contributed by atoms with E-state index in [1.54, 1.807) is 11.8 Å². The van der Waals surface area contributed by atoms with Crippen LogP contribution >= 0.6 is 35.1 Å². The summed E-state index contributed by atoms with van der Waals surface area (Å²) in [7, 11) is 0. The molecule has 1 rings (SSSR count). The Hall–Kier alpha value is 0.730. The summed E-state index contributed by atoms with van der Waals surface area (Å²) in [5, 5.41) is 0. The maximum atomic E-state index is 5.79. The van der Waals surface area contributed by atoms with Crippen LogP contribution in [0.15, 0.2) is 9.27 Å². The molecule has 0 N–H and O–H groups in total. The third kappa shape index (κ3) is 1.61. The summed E-state index contributed by atoms with van der Waals surface area (Å²) in [5.41, 5.74) is 0. The van der Waals surface area contributed by atoms with Crippen LogP contribution < -0.4 is 0 Å². The summed E-state index contributed by atoms with van der Waals surface area (Å²) in [6.07, 6.45) is 0. The van der Waals surface area contributed by atoms with E-state index in [1.165, 1.54) is 16.4 Å². The molecule has 1 aliphatic heterocycles. The monoisotopic (exact) mass is 166 g/mol. The third-order valence-electron chi connectivity index (χ3n) is 0.907. The minimum atomic E-state index is 0.987. The number of rotatable bonds is 0. The predicted molar refractivity (Wildman–Crippen MR) is 43.5 cm³/mol. The maximum Gasteiger partial charge on any atom is 0.0827 e. The summed E-state index contributed by atoms with van der Waals surface area (Å²) < 4.78 is 0.987. The maximum absolute atomic E-state index is 5.79. The highest BCUT2D eigenvalue weighted by Gasteiger charge is 2.06. The Labute approximate surface area is 63.1 Å². The smallest absolute Gasteiger partial charge is 0.0827 e. The molecule has 0 fully saturated rings. The summed E-state index contributed by atoms with van der Waals surface area (Å²) >= 11 is 9.39. The summed E-state index contributed by atoms with van der Waals surface area (Å²) in [6.45, 7) is 2.07. The van der Waals surface area contributed by atoms with E-state index >= 15 is 0 Å². The lowest BCUT2D eigenvalue weighted by Gasteiger charge is -2.09. The zero-order valence-corrected chi connectivity index (χ0v) is 7.00. The average Bonchev–Trinajstić information content (AvgIpc) is 1.77. The van der Waals surface area contributed by atoms with Crippen LogP contribution in [0, 0.1) is 0 Å². The SMILES string of the molecule is CC1=C(Cl)SCCS1. The Morgan fingerprint density at radius 2 is 2.00 bits per heavy atom. The molecule has 46 valence electrons. The van der Waals surface area contributed by atoms with E-state index in [1.807, 2.05) is 11.8 Å². The molecule has 0 unspecified atom stereocenters. The van der Waals surface area contributed by atoms with Crippen LogP contribution in [0.25, 0.3) is 0 Å². The third-order valence-corrected chi connectivity index (χ3v) is 4.03. The van der Waals surface area contributed by atoms with Crippen LogP contribution in [0.3, 0.4) is 0 Å². The van der Waals surface area contributed by atoms with Crippen molar-refractivity contribution in [1.29, 1.82) is 0 Å². The topological polar surface area (TPSA) is 0 Å². The zero-order valence-electron chi connectivity index (χ0n) is 4.61. The molecule has 3 heteroatoms. The highest BCUT2D eigenvalue weighted by molar-refractivity contribution is 8.10. The highest BCUT2D eigenvalue weighted by Crippen LogP contribution is 2.35. The molecule has 0 saturated carbocycles. The number of allylic oxidation sites excluding steroid dienone is 1. The van der Waals surface area contributed by atoms with Gasteiger partial charge in [0.2, 0.25) is 0 Å². The Morgan fingerprint density at radius 3 is 2.38 bits per heavy atom. The molecule has 0 amide bonds. The second kappa shape index (κ2) is 3.04. The average molecular weight is 167 g/mol. The van der Waals surface area contributed by atoms with Gasteiger partial charge in [-0.2, -0.15) is 0 Å². The molecule has 0 atom stereocenters. The second-order valence-electron chi connectivity index (χ2n) is 1.53. The van der Waals surface area contributed by atoms with Crippen LogP contribution in [0.5, 0.6) is 0 Å². The van der Waals surface area contributed by atoms with Crippen molar-refractivity contribution >= 4 is 35.1 Å². The van der Waals surface area contributed by atoms with Gasteiger partial charge in [0.15, 0.2) is 0 Å². The molecular formula is C5H7ClS2. The zero-order chi connectivity index (χ0) is 5.98. The van der Waals surface area contributed by atoms with Crippen molar-refractivity contribution in [2.24, 2.45) is 0 Å². The normalized spacial score (nSPS) is 21.8. The molecule has 0 aromatic heterocycles. The van der Waals surface area contributed by atoms with Gasteiger partial charge < -0.3 is 0 Å². The molecule has 0 radical (unpaired) electrons. The highest BCUT2D eigenvalue weighted by atomic mass is 35.5. The van der Waals surface area contributed by atoms with E-state index in [9.17, 15) is 0 Å². The van der Waals surface area contributed by atoms with Crippen LogP contribution in [-0.4, -0.2) is 11.5 Å². The number of hydrogen-bond acceptors (Lipinski definition) is 2. The molecule has 8 heavy (non-hydrogen) atoms. The van der Waals surface area contributed by atoms with Crippen molar-refractivity contribution in [3.05, 3.63) is 9.27 Å². The van der Waals surface area contributed by atoms with Gasteiger partial charge in [0.25, 0.3) is 0 Å². The van der Waals surface area contributed by atoms with Crippen molar-refractivity contribution in [2.75, 3.05) is 11.5 Å². The van der Waals surface area contributed by atoms with Crippen molar-refractivity contribution in [3.63, 3.8) is 0 Å². The number of hydrogen-bond donors (Lipinski definition) is 0. The summed E-state index contributed by atoms with van der Waals surface area (Å²) in [6, 6.07) is 0. The summed E-state index contributed by atoms with van der Waals surface area (Å²) in [5.74, 6) is 2.38. The fraction of sp³-hybridized carbons (Fsp3) is 0.600. The van der Waals surface area contributed by atoms with Gasteiger partial charge in [-0.3, -0.25) is 0 Å². The van der Waals surface area contributed by atoms with E-state index in [4.69, 9.17) is 11.6 Å². The first-order valence-corrected chi connectivity index (χ1v) is 4.77. The molecule has 0 aromatic carbocycles. The Kier molecular flexibility index (Phi) is 2.60. The molecule has 1 heterocycles. The molecule has 0 spiro atoms. The minimum Gasteiger partial charge on any atom is -0.128 e. The first kappa shape index (κ1) is 6.84. The van der Waals surface area contributed by atoms with Crippen molar-refractivity contribution in [3.8, 4) is 0 Å². The van der Waals surface area contributed by atoms with Crippen molar-refractivity contribution in [1.82, 2.24) is 0 Å². The molecule has 1 aliphatic rings. The van der Waals surface area contributed by atoms with E-state index in [-0.39, 0.29) is 0 Å². The van der Waals surface area contributed by atoms with Gasteiger partial charge in [0.05, 0.1) is 4.36 Å². The largest absolute Gasteiger partial charge is 0.128 e. The van der Waals surface area contributed by atoms with Crippen molar-refractivity contribution < 1.29 is 0 Å². The van der Waals surface area contributed by atoms with Gasteiger partial charge in [-0.15, -0.1) is 23.5 Å². The molecule has 0 saturated heterocycles. The summed E-state index contributed by atoms with van der Waals surface area (Å²) in [4.78, 5) is 1.28. The lowest BCUT2D eigenvalue weighted by molar-refractivity contribution is 1.52. The van der Waals surface area contributed by atoms with Gasteiger partial charge in [0, 0.05) is 16.4 Å². The molecule has 0 aliphatic carbocycles. The van der Waals surface area contributed by atoms with Crippen molar-refractivity contribution in [2.45, 2.75) is 6.92 Å². The van der Waals surface area contributed by atoms with E-state index in [0.29, 0.717) is 0 Å². The van der Waals surface area contributed by atoms with Crippen LogP contribution in [-0.2, 0) is 0 Å².